The van der Waals surface area contributed by atoms with Gasteiger partial charge in [-0.3, -0.25) is 0 Å². The highest BCUT2D eigenvalue weighted by Gasteiger charge is 2.19. The topological polar surface area (TPSA) is 15.3 Å². The van der Waals surface area contributed by atoms with Gasteiger partial charge in [0.05, 0.1) is 5.69 Å². The van der Waals surface area contributed by atoms with Gasteiger partial charge < -0.3 is 10.2 Å². The molecule has 0 amide bonds. The van der Waals surface area contributed by atoms with Crippen LogP contribution >= 0.6 is 0 Å². The first-order valence-electron chi connectivity index (χ1n) is 6.53. The van der Waals surface area contributed by atoms with Crippen LogP contribution in [0.1, 0.15) is 26.7 Å². The van der Waals surface area contributed by atoms with Crippen LogP contribution in [0.4, 0.5) is 14.5 Å². The van der Waals surface area contributed by atoms with E-state index in [1.54, 1.807) is 12.1 Å². The van der Waals surface area contributed by atoms with E-state index in [0.717, 1.165) is 32.0 Å². The second-order valence-corrected chi connectivity index (χ2v) is 5.11. The lowest BCUT2D eigenvalue weighted by Crippen LogP contribution is -2.43. The van der Waals surface area contributed by atoms with Crippen molar-refractivity contribution in [2.24, 2.45) is 0 Å². The van der Waals surface area contributed by atoms with Crippen molar-refractivity contribution in [2.45, 2.75) is 38.8 Å². The molecule has 0 aromatic heterocycles. The molecule has 0 aliphatic carbocycles. The van der Waals surface area contributed by atoms with Crippen molar-refractivity contribution in [1.29, 1.82) is 0 Å². The average molecular weight is 254 g/mol. The number of hydrogen-bond donors (Lipinski definition) is 1. The normalized spacial score (nSPS) is 25.7. The van der Waals surface area contributed by atoms with Gasteiger partial charge in [0.1, 0.15) is 0 Å². The number of anilines is 1. The van der Waals surface area contributed by atoms with Gasteiger partial charge in [-0.2, -0.15) is 0 Å². The second kappa shape index (κ2) is 5.65. The lowest BCUT2D eigenvalue weighted by atomic mass is 10.1. The summed E-state index contributed by atoms with van der Waals surface area (Å²) in [4.78, 5) is 1.95. The molecular weight excluding hydrogens is 234 g/mol. The summed E-state index contributed by atoms with van der Waals surface area (Å²) in [6, 6.07) is 5.19. The number of halogens is 2. The van der Waals surface area contributed by atoms with Crippen molar-refractivity contribution in [1.82, 2.24) is 5.32 Å². The van der Waals surface area contributed by atoms with Crippen LogP contribution in [0.5, 0.6) is 0 Å². The van der Waals surface area contributed by atoms with Crippen molar-refractivity contribution in [3.8, 4) is 0 Å². The fraction of sp³-hybridized carbons (Fsp3) is 0.571. The molecule has 1 N–H and O–H groups in total. The molecule has 1 aromatic rings. The Kier molecular flexibility index (Phi) is 4.17. The summed E-state index contributed by atoms with van der Waals surface area (Å²) in [5, 5.41) is 3.49. The highest BCUT2D eigenvalue weighted by molar-refractivity contribution is 5.48. The maximum Gasteiger partial charge on any atom is 0.182 e. The third-order valence-electron chi connectivity index (χ3n) is 3.50. The van der Waals surface area contributed by atoms with Gasteiger partial charge in [0.2, 0.25) is 0 Å². The first-order chi connectivity index (χ1) is 8.58. The maximum atomic E-state index is 13.8. The molecule has 0 radical (unpaired) electrons. The van der Waals surface area contributed by atoms with E-state index in [0.29, 0.717) is 17.8 Å². The van der Waals surface area contributed by atoms with Crippen LogP contribution in [0.2, 0.25) is 0 Å². The number of rotatable bonds is 1. The summed E-state index contributed by atoms with van der Waals surface area (Å²) < 4.78 is 27.0. The van der Waals surface area contributed by atoms with E-state index in [1.165, 1.54) is 0 Å². The molecule has 0 spiro atoms. The summed E-state index contributed by atoms with van der Waals surface area (Å²) in [6.45, 7) is 5.76. The van der Waals surface area contributed by atoms with Crippen molar-refractivity contribution in [3.63, 3.8) is 0 Å². The number of nitrogens with zero attached hydrogens (tertiary/aromatic N) is 1. The molecule has 1 saturated heterocycles. The Morgan fingerprint density at radius 2 is 1.72 bits per heavy atom. The molecule has 2 nitrogen and oxygen atoms in total. The summed E-state index contributed by atoms with van der Waals surface area (Å²) in [6.07, 6.45) is 1.86. The van der Waals surface area contributed by atoms with Crippen LogP contribution in [-0.4, -0.2) is 25.2 Å². The summed E-state index contributed by atoms with van der Waals surface area (Å²) in [7, 11) is 0. The van der Waals surface area contributed by atoms with E-state index in [1.807, 2.05) is 4.90 Å². The number of nitrogens with one attached hydrogen (secondary N) is 1. The summed E-state index contributed by atoms with van der Waals surface area (Å²) >= 11 is 0. The van der Waals surface area contributed by atoms with Crippen LogP contribution in [0, 0.1) is 11.6 Å². The minimum atomic E-state index is -0.770. The van der Waals surface area contributed by atoms with E-state index < -0.39 is 11.6 Å². The lowest BCUT2D eigenvalue weighted by molar-refractivity contribution is 0.401. The van der Waals surface area contributed by atoms with Crippen LogP contribution in [0.25, 0.3) is 0 Å². The van der Waals surface area contributed by atoms with E-state index in [4.69, 9.17) is 0 Å². The SMILES string of the molecule is CC1CCN(c2cccc(F)c2F)CCC(C)N1. The molecular formula is C14H20F2N2. The average Bonchev–Trinajstić information content (AvgIpc) is 2.31. The molecule has 0 bridgehead atoms. The van der Waals surface area contributed by atoms with Gasteiger partial charge in [-0.15, -0.1) is 0 Å². The maximum absolute atomic E-state index is 13.8. The summed E-state index contributed by atoms with van der Waals surface area (Å²) in [5.41, 5.74) is 0.385. The van der Waals surface area contributed by atoms with Gasteiger partial charge in [-0.05, 0) is 38.8 Å². The third-order valence-corrected chi connectivity index (χ3v) is 3.50. The van der Waals surface area contributed by atoms with E-state index in [2.05, 4.69) is 19.2 Å². The molecule has 18 heavy (non-hydrogen) atoms. The smallest absolute Gasteiger partial charge is 0.182 e. The van der Waals surface area contributed by atoms with Crippen LogP contribution in [-0.2, 0) is 0 Å². The largest absolute Gasteiger partial charge is 0.369 e. The predicted octanol–water partition coefficient (Wildman–Crippen LogP) is 2.93. The first kappa shape index (κ1) is 13.3. The molecule has 1 fully saturated rings. The Labute approximate surface area is 107 Å². The predicted molar refractivity (Wildman–Crippen MR) is 69.9 cm³/mol. The Balaban J connectivity index is 2.18. The van der Waals surface area contributed by atoms with E-state index in [9.17, 15) is 8.78 Å². The van der Waals surface area contributed by atoms with E-state index in [-0.39, 0.29) is 0 Å². The van der Waals surface area contributed by atoms with Gasteiger partial charge >= 0.3 is 0 Å². The first-order valence-corrected chi connectivity index (χ1v) is 6.53. The fourth-order valence-corrected chi connectivity index (χ4v) is 2.44. The second-order valence-electron chi connectivity index (χ2n) is 5.11. The Bertz CT molecular complexity index is 397. The zero-order valence-electron chi connectivity index (χ0n) is 10.9. The van der Waals surface area contributed by atoms with Crippen molar-refractivity contribution >= 4 is 5.69 Å². The monoisotopic (exact) mass is 254 g/mol. The molecule has 2 unspecified atom stereocenters. The highest BCUT2D eigenvalue weighted by Crippen LogP contribution is 2.23. The van der Waals surface area contributed by atoms with Crippen LogP contribution in [0.15, 0.2) is 18.2 Å². The molecule has 1 aliphatic heterocycles. The minimum absolute atomic E-state index is 0.385. The van der Waals surface area contributed by atoms with Gasteiger partial charge in [0, 0.05) is 25.2 Å². The minimum Gasteiger partial charge on any atom is -0.369 e. The number of hydrogen-bond acceptors (Lipinski definition) is 2. The Morgan fingerprint density at radius 3 is 2.33 bits per heavy atom. The van der Waals surface area contributed by atoms with Gasteiger partial charge in [0.15, 0.2) is 11.6 Å². The zero-order valence-corrected chi connectivity index (χ0v) is 10.9. The van der Waals surface area contributed by atoms with Gasteiger partial charge in [-0.1, -0.05) is 6.07 Å². The molecule has 1 aromatic carbocycles. The number of benzene rings is 1. The summed E-state index contributed by atoms with van der Waals surface area (Å²) in [5.74, 6) is -1.50. The van der Waals surface area contributed by atoms with Crippen LogP contribution < -0.4 is 10.2 Å². The zero-order chi connectivity index (χ0) is 13.1. The Morgan fingerprint density at radius 1 is 1.11 bits per heavy atom. The molecule has 0 saturated carbocycles. The fourth-order valence-electron chi connectivity index (χ4n) is 2.44. The van der Waals surface area contributed by atoms with Crippen LogP contribution in [0.3, 0.4) is 0 Å². The third kappa shape index (κ3) is 2.99. The van der Waals surface area contributed by atoms with Gasteiger partial charge in [0.25, 0.3) is 0 Å². The molecule has 1 aliphatic rings. The molecule has 1 heterocycles. The van der Waals surface area contributed by atoms with E-state index >= 15 is 0 Å². The Hall–Kier alpha value is -1.16. The standard InChI is InChI=1S/C14H20F2N2/c1-10-6-8-18(9-7-11(2)17-10)13-5-3-4-12(15)14(13)16/h3-5,10-11,17H,6-9H2,1-2H3. The molecule has 100 valence electrons. The molecule has 2 atom stereocenters. The van der Waals surface area contributed by atoms with Crippen molar-refractivity contribution in [3.05, 3.63) is 29.8 Å². The lowest BCUT2D eigenvalue weighted by Gasteiger charge is -2.32. The quantitative estimate of drug-likeness (QED) is 0.829. The van der Waals surface area contributed by atoms with Crippen molar-refractivity contribution in [2.75, 3.05) is 18.0 Å². The highest BCUT2D eigenvalue weighted by atomic mass is 19.2. The molecule has 2 rings (SSSR count). The van der Waals surface area contributed by atoms with Gasteiger partial charge in [-0.25, -0.2) is 8.78 Å². The van der Waals surface area contributed by atoms with Crippen molar-refractivity contribution < 1.29 is 8.78 Å². The molecule has 4 heteroatoms.